The minimum absolute atomic E-state index is 0.153. The van der Waals surface area contributed by atoms with E-state index in [1.165, 1.54) is 0 Å². The van der Waals surface area contributed by atoms with Crippen LogP contribution in [-0.2, 0) is 4.79 Å². The number of carboxylic acids is 1. The van der Waals surface area contributed by atoms with Crippen LogP contribution in [0.3, 0.4) is 0 Å². The molecule has 1 unspecified atom stereocenters. The fourth-order valence-electron chi connectivity index (χ4n) is 1.61. The van der Waals surface area contributed by atoms with Crippen LogP contribution in [0.25, 0.3) is 0 Å². The van der Waals surface area contributed by atoms with Crippen molar-refractivity contribution in [1.82, 2.24) is 5.32 Å². The van der Waals surface area contributed by atoms with Gasteiger partial charge in [0.15, 0.2) is 5.76 Å². The first-order chi connectivity index (χ1) is 8.31. The van der Waals surface area contributed by atoms with Crippen LogP contribution in [0.15, 0.2) is 10.5 Å². The van der Waals surface area contributed by atoms with Crippen LogP contribution in [0.4, 0.5) is 0 Å². The molecule has 1 aromatic heterocycles. The Morgan fingerprint density at radius 1 is 1.39 bits per heavy atom. The van der Waals surface area contributed by atoms with Gasteiger partial charge < -0.3 is 14.8 Å². The minimum atomic E-state index is -1.03. The molecule has 1 heterocycles. The maximum Gasteiger partial charge on any atom is 0.326 e. The van der Waals surface area contributed by atoms with E-state index in [4.69, 9.17) is 9.52 Å². The van der Waals surface area contributed by atoms with Crippen molar-refractivity contribution < 1.29 is 19.1 Å². The van der Waals surface area contributed by atoms with Crippen molar-refractivity contribution in [1.29, 1.82) is 0 Å². The van der Waals surface area contributed by atoms with Crippen molar-refractivity contribution in [2.45, 2.75) is 40.2 Å². The third kappa shape index (κ3) is 3.61. The fourth-order valence-corrected chi connectivity index (χ4v) is 1.61. The van der Waals surface area contributed by atoms with Gasteiger partial charge in [-0.25, -0.2) is 4.79 Å². The summed E-state index contributed by atoms with van der Waals surface area (Å²) in [5.41, 5.74) is 0.871. The summed E-state index contributed by atoms with van der Waals surface area (Å²) in [6.07, 6.45) is 0.389. The number of carbonyl (C=O) groups excluding carboxylic acids is 1. The van der Waals surface area contributed by atoms with Crippen molar-refractivity contribution in [2.75, 3.05) is 0 Å². The lowest BCUT2D eigenvalue weighted by molar-refractivity contribution is -0.139. The Hall–Kier alpha value is -1.78. The van der Waals surface area contributed by atoms with Crippen LogP contribution >= 0.6 is 0 Å². The summed E-state index contributed by atoms with van der Waals surface area (Å²) in [4.78, 5) is 22.9. The van der Waals surface area contributed by atoms with Crippen LogP contribution in [0, 0.1) is 19.8 Å². The summed E-state index contributed by atoms with van der Waals surface area (Å²) in [7, 11) is 0. The minimum Gasteiger partial charge on any atom is -0.480 e. The lowest BCUT2D eigenvalue weighted by Crippen LogP contribution is -2.41. The van der Waals surface area contributed by atoms with E-state index in [9.17, 15) is 9.59 Å². The van der Waals surface area contributed by atoms with Crippen LogP contribution in [0.5, 0.6) is 0 Å². The number of carboxylic acid groups (broad SMARTS) is 1. The second-order valence-electron chi connectivity index (χ2n) is 4.84. The van der Waals surface area contributed by atoms with E-state index >= 15 is 0 Å². The van der Waals surface area contributed by atoms with Gasteiger partial charge in [0.1, 0.15) is 11.8 Å². The summed E-state index contributed by atoms with van der Waals surface area (Å²) in [5, 5.41) is 11.5. The van der Waals surface area contributed by atoms with Gasteiger partial charge >= 0.3 is 5.97 Å². The van der Waals surface area contributed by atoms with E-state index in [0.717, 1.165) is 5.56 Å². The molecule has 2 N–H and O–H groups in total. The summed E-state index contributed by atoms with van der Waals surface area (Å²) in [6, 6.07) is 0.724. The molecular weight excluding hydrogens is 234 g/mol. The molecule has 1 atom stereocenters. The van der Waals surface area contributed by atoms with Gasteiger partial charge in [-0.3, -0.25) is 4.79 Å². The maximum absolute atomic E-state index is 11.8. The molecule has 18 heavy (non-hydrogen) atoms. The highest BCUT2D eigenvalue weighted by molar-refractivity contribution is 5.94. The molecule has 1 amide bonds. The largest absolute Gasteiger partial charge is 0.480 e. The number of carbonyl (C=O) groups is 2. The highest BCUT2D eigenvalue weighted by Gasteiger charge is 2.23. The highest BCUT2D eigenvalue weighted by atomic mass is 16.4. The number of aliphatic carboxylic acids is 1. The Bertz CT molecular complexity index is 428. The summed E-state index contributed by atoms with van der Waals surface area (Å²) >= 11 is 0. The van der Waals surface area contributed by atoms with E-state index in [-0.39, 0.29) is 11.7 Å². The molecule has 0 aliphatic carbocycles. The Morgan fingerprint density at radius 2 is 2.00 bits per heavy atom. The van der Waals surface area contributed by atoms with Crippen LogP contribution in [0.2, 0.25) is 0 Å². The molecule has 1 rings (SSSR count). The second kappa shape index (κ2) is 5.71. The Kier molecular flexibility index (Phi) is 4.53. The quantitative estimate of drug-likeness (QED) is 0.842. The Balaban J connectivity index is 2.75. The molecule has 0 bridgehead atoms. The highest BCUT2D eigenvalue weighted by Crippen LogP contribution is 2.14. The molecule has 5 heteroatoms. The molecular formula is C13H19NO4. The van der Waals surface area contributed by atoms with Gasteiger partial charge in [0.05, 0.1) is 0 Å². The zero-order valence-corrected chi connectivity index (χ0v) is 11.1. The van der Waals surface area contributed by atoms with Crippen LogP contribution < -0.4 is 5.32 Å². The molecule has 1 aromatic rings. The van der Waals surface area contributed by atoms with E-state index < -0.39 is 17.9 Å². The van der Waals surface area contributed by atoms with Gasteiger partial charge in [-0.05, 0) is 37.8 Å². The van der Waals surface area contributed by atoms with Crippen molar-refractivity contribution >= 4 is 11.9 Å². The van der Waals surface area contributed by atoms with Crippen LogP contribution in [-0.4, -0.2) is 23.0 Å². The number of rotatable bonds is 5. The molecule has 0 spiro atoms. The molecule has 100 valence electrons. The van der Waals surface area contributed by atoms with E-state index in [1.54, 1.807) is 13.0 Å². The number of hydrogen-bond acceptors (Lipinski definition) is 3. The monoisotopic (exact) mass is 253 g/mol. The predicted molar refractivity (Wildman–Crippen MR) is 66.5 cm³/mol. The predicted octanol–water partition coefficient (Wildman–Crippen LogP) is 2.13. The average Bonchev–Trinajstić information content (AvgIpc) is 2.57. The topological polar surface area (TPSA) is 79.5 Å². The van der Waals surface area contributed by atoms with Crippen molar-refractivity contribution in [3.63, 3.8) is 0 Å². The standard InChI is InChI=1S/C13H19NO4/c1-7(2)5-10(13(16)17)14-12(15)11-6-8(3)9(4)18-11/h6-7,10H,5H2,1-4H3,(H,14,15)(H,16,17). The molecule has 0 saturated heterocycles. The van der Waals surface area contributed by atoms with Gasteiger partial charge in [-0.2, -0.15) is 0 Å². The van der Waals surface area contributed by atoms with Crippen LogP contribution in [0.1, 0.15) is 42.1 Å². The van der Waals surface area contributed by atoms with E-state index in [2.05, 4.69) is 5.32 Å². The number of hydrogen-bond donors (Lipinski definition) is 2. The molecule has 0 aromatic carbocycles. The zero-order valence-electron chi connectivity index (χ0n) is 11.1. The number of aryl methyl sites for hydroxylation is 2. The smallest absolute Gasteiger partial charge is 0.326 e. The van der Waals surface area contributed by atoms with E-state index in [0.29, 0.717) is 12.2 Å². The SMILES string of the molecule is Cc1cc(C(=O)NC(CC(C)C)C(=O)O)oc1C. The lowest BCUT2D eigenvalue weighted by atomic mass is 10.0. The summed E-state index contributed by atoms with van der Waals surface area (Å²) in [6.45, 7) is 7.40. The molecule has 0 saturated carbocycles. The molecule has 0 aliphatic rings. The Labute approximate surface area is 106 Å². The van der Waals surface area contributed by atoms with Gasteiger partial charge in [-0.1, -0.05) is 13.8 Å². The number of furan rings is 1. The van der Waals surface area contributed by atoms with Gasteiger partial charge in [-0.15, -0.1) is 0 Å². The average molecular weight is 253 g/mol. The number of nitrogens with one attached hydrogen (secondary N) is 1. The first-order valence-electron chi connectivity index (χ1n) is 5.92. The van der Waals surface area contributed by atoms with Gasteiger partial charge in [0.25, 0.3) is 5.91 Å². The molecule has 0 fully saturated rings. The summed E-state index contributed by atoms with van der Waals surface area (Å²) in [5.74, 6) is -0.515. The molecule has 0 radical (unpaired) electrons. The first kappa shape index (κ1) is 14.3. The van der Waals surface area contributed by atoms with Gasteiger partial charge in [0.2, 0.25) is 0 Å². The zero-order chi connectivity index (χ0) is 13.9. The second-order valence-corrected chi connectivity index (χ2v) is 4.84. The van der Waals surface area contributed by atoms with Crippen molar-refractivity contribution in [3.05, 3.63) is 23.2 Å². The molecule has 0 aliphatic heterocycles. The third-order valence-electron chi connectivity index (χ3n) is 2.70. The van der Waals surface area contributed by atoms with Crippen molar-refractivity contribution in [3.8, 4) is 0 Å². The third-order valence-corrected chi connectivity index (χ3v) is 2.70. The molecule has 5 nitrogen and oxygen atoms in total. The van der Waals surface area contributed by atoms with Crippen molar-refractivity contribution in [2.24, 2.45) is 5.92 Å². The summed E-state index contributed by atoms with van der Waals surface area (Å²) < 4.78 is 5.26. The maximum atomic E-state index is 11.8. The fraction of sp³-hybridized carbons (Fsp3) is 0.538. The lowest BCUT2D eigenvalue weighted by Gasteiger charge is -2.15. The Morgan fingerprint density at radius 3 is 2.39 bits per heavy atom. The first-order valence-corrected chi connectivity index (χ1v) is 5.92. The van der Waals surface area contributed by atoms with Gasteiger partial charge in [0, 0.05) is 0 Å². The van der Waals surface area contributed by atoms with E-state index in [1.807, 2.05) is 20.8 Å². The normalized spacial score (nSPS) is 12.5. The number of amides is 1.